The van der Waals surface area contributed by atoms with Crippen molar-refractivity contribution in [3.63, 3.8) is 0 Å². The average molecular weight is 599 g/mol. The predicted octanol–water partition coefficient (Wildman–Crippen LogP) is 5.56. The van der Waals surface area contributed by atoms with Crippen LogP contribution in [0, 0.1) is 0 Å². The van der Waals surface area contributed by atoms with Crippen LogP contribution in [0.15, 0.2) is 91.0 Å². The van der Waals surface area contributed by atoms with E-state index in [1.165, 1.54) is 21.1 Å². The molecule has 0 saturated carbocycles. The second-order valence-corrected chi connectivity index (χ2v) is 12.3. The maximum Gasteiger partial charge on any atom is 0.332 e. The van der Waals surface area contributed by atoms with Crippen LogP contribution in [0.1, 0.15) is 23.6 Å². The van der Waals surface area contributed by atoms with Crippen molar-refractivity contribution < 1.29 is 42.1 Å². The third kappa shape index (κ3) is 9.31. The summed E-state index contributed by atoms with van der Waals surface area (Å²) in [5.74, 6) is -0.507. The van der Waals surface area contributed by atoms with Gasteiger partial charge in [-0.2, -0.15) is 0 Å². The van der Waals surface area contributed by atoms with Crippen molar-refractivity contribution in [3.05, 3.63) is 108 Å². The molecule has 3 aromatic carbocycles. The van der Waals surface area contributed by atoms with Crippen LogP contribution in [0.25, 0.3) is 0 Å². The Morgan fingerprint density at radius 3 is 1.60 bits per heavy atom. The predicted molar refractivity (Wildman–Crippen MR) is 157 cm³/mol. The molecule has 5 atom stereocenters. The van der Waals surface area contributed by atoms with Gasteiger partial charge in [0.1, 0.15) is 18.3 Å². The molecule has 0 amide bonds. The first-order chi connectivity index (χ1) is 20.4. The van der Waals surface area contributed by atoms with Crippen LogP contribution in [-0.2, 0) is 61.9 Å². The Morgan fingerprint density at radius 1 is 0.690 bits per heavy atom. The van der Waals surface area contributed by atoms with Crippen molar-refractivity contribution in [2.24, 2.45) is 0 Å². The molecule has 9 nitrogen and oxygen atoms in total. The third-order valence-electron chi connectivity index (χ3n) is 6.96. The molecule has 10 heteroatoms. The molecule has 4 rings (SSSR count). The molecule has 0 aromatic heterocycles. The highest BCUT2D eigenvalue weighted by molar-refractivity contribution is 7.53. The Labute approximate surface area is 247 Å². The van der Waals surface area contributed by atoms with E-state index in [9.17, 15) is 9.36 Å². The fourth-order valence-electron chi connectivity index (χ4n) is 4.85. The zero-order chi connectivity index (χ0) is 29.8. The van der Waals surface area contributed by atoms with E-state index in [0.717, 1.165) is 16.7 Å². The first kappa shape index (κ1) is 32.0. The van der Waals surface area contributed by atoms with Gasteiger partial charge in [0.05, 0.1) is 38.7 Å². The molecule has 1 aliphatic rings. The highest BCUT2D eigenvalue weighted by Crippen LogP contribution is 2.49. The smallest absolute Gasteiger partial charge is 0.332 e. The summed E-state index contributed by atoms with van der Waals surface area (Å²) in [5, 5.41) is 0. The number of carbonyl (C=O) groups is 1. The van der Waals surface area contributed by atoms with Crippen molar-refractivity contribution in [2.75, 3.05) is 27.0 Å². The topological polar surface area (TPSA) is 98.8 Å². The number of hydrogen-bond acceptors (Lipinski definition) is 9. The Morgan fingerprint density at radius 2 is 1.14 bits per heavy atom. The molecule has 1 heterocycles. The van der Waals surface area contributed by atoms with Gasteiger partial charge in [-0.15, -0.1) is 0 Å². The molecule has 0 N–H and O–H groups in total. The van der Waals surface area contributed by atoms with Crippen molar-refractivity contribution in [3.8, 4) is 0 Å². The highest BCUT2D eigenvalue weighted by Gasteiger charge is 2.51. The SMILES string of the molecule is COP(=O)(C[C@H]1OC(COCc2ccccc2)[C@@H](OCc2ccccc2)C(OC(C)=O)C1OCc1ccccc1)OC. The fourth-order valence-corrected chi connectivity index (χ4v) is 6.03. The zero-order valence-corrected chi connectivity index (χ0v) is 25.1. The molecule has 0 radical (unpaired) electrons. The van der Waals surface area contributed by atoms with Crippen LogP contribution >= 0.6 is 7.60 Å². The molecule has 1 saturated heterocycles. The maximum atomic E-state index is 13.3. The monoisotopic (exact) mass is 598 g/mol. The van der Waals surface area contributed by atoms with Crippen LogP contribution in [0.4, 0.5) is 0 Å². The number of rotatable bonds is 15. The molecule has 3 unspecified atom stereocenters. The quantitative estimate of drug-likeness (QED) is 0.165. The molecular weight excluding hydrogens is 559 g/mol. The van der Waals surface area contributed by atoms with Crippen LogP contribution in [0.5, 0.6) is 0 Å². The van der Waals surface area contributed by atoms with Gasteiger partial charge in [0.2, 0.25) is 0 Å². The Hall–Kier alpha value is -2.88. The van der Waals surface area contributed by atoms with Gasteiger partial charge >= 0.3 is 13.6 Å². The molecule has 0 bridgehead atoms. The van der Waals surface area contributed by atoms with Crippen molar-refractivity contribution in [2.45, 2.75) is 57.3 Å². The van der Waals surface area contributed by atoms with Crippen molar-refractivity contribution >= 4 is 13.6 Å². The molecule has 226 valence electrons. The summed E-state index contributed by atoms with van der Waals surface area (Å²) < 4.78 is 55.1. The molecule has 0 spiro atoms. The summed E-state index contributed by atoms with van der Waals surface area (Å²) in [7, 11) is -0.909. The first-order valence-electron chi connectivity index (χ1n) is 13.9. The Bertz CT molecular complexity index is 1250. The van der Waals surface area contributed by atoms with Gasteiger partial charge in [0, 0.05) is 21.1 Å². The minimum atomic E-state index is -3.55. The summed E-state index contributed by atoms with van der Waals surface area (Å²) in [6, 6.07) is 29.0. The van der Waals surface area contributed by atoms with Crippen molar-refractivity contribution in [1.29, 1.82) is 0 Å². The van der Waals surface area contributed by atoms with Crippen molar-refractivity contribution in [1.82, 2.24) is 0 Å². The Balaban J connectivity index is 1.64. The van der Waals surface area contributed by atoms with Gasteiger partial charge in [-0.25, -0.2) is 0 Å². The lowest BCUT2D eigenvalue weighted by molar-refractivity contribution is -0.261. The van der Waals surface area contributed by atoms with E-state index in [1.54, 1.807) is 0 Å². The summed E-state index contributed by atoms with van der Waals surface area (Å²) in [6.07, 6.45) is -4.15. The van der Waals surface area contributed by atoms with Gasteiger partial charge < -0.3 is 32.7 Å². The van der Waals surface area contributed by atoms with Crippen LogP contribution < -0.4 is 0 Å². The lowest BCUT2D eigenvalue weighted by Gasteiger charge is -2.46. The summed E-state index contributed by atoms with van der Waals surface area (Å²) in [4.78, 5) is 12.5. The number of ether oxygens (including phenoxy) is 5. The normalized spacial score (nSPS) is 22.5. The van der Waals surface area contributed by atoms with E-state index in [-0.39, 0.29) is 26.0 Å². The first-order valence-corrected chi connectivity index (χ1v) is 15.6. The summed E-state index contributed by atoms with van der Waals surface area (Å²) >= 11 is 0. The second-order valence-electron chi connectivity index (χ2n) is 9.97. The summed E-state index contributed by atoms with van der Waals surface area (Å²) in [6.45, 7) is 2.25. The maximum absolute atomic E-state index is 13.3. The van der Waals surface area contributed by atoms with Crippen LogP contribution in [0.2, 0.25) is 0 Å². The number of carbonyl (C=O) groups excluding carboxylic acids is 1. The molecule has 3 aromatic rings. The molecule has 0 aliphatic carbocycles. The minimum Gasteiger partial charge on any atom is -0.457 e. The van der Waals surface area contributed by atoms with E-state index >= 15 is 0 Å². The molecule has 1 fully saturated rings. The van der Waals surface area contributed by atoms with Gasteiger partial charge in [-0.3, -0.25) is 9.36 Å². The van der Waals surface area contributed by atoms with Gasteiger partial charge in [0.15, 0.2) is 6.10 Å². The van der Waals surface area contributed by atoms with E-state index in [0.29, 0.717) is 6.61 Å². The lowest BCUT2D eigenvalue weighted by atomic mass is 9.94. The lowest BCUT2D eigenvalue weighted by Crippen LogP contribution is -2.62. The number of benzene rings is 3. The third-order valence-corrected chi connectivity index (χ3v) is 8.88. The van der Waals surface area contributed by atoms with Gasteiger partial charge in [-0.05, 0) is 16.7 Å². The Kier molecular flexibility index (Phi) is 12.3. The largest absolute Gasteiger partial charge is 0.457 e. The number of esters is 1. The second kappa shape index (κ2) is 16.1. The minimum absolute atomic E-state index is 0.123. The average Bonchev–Trinajstić information content (AvgIpc) is 3.01. The number of hydrogen-bond donors (Lipinski definition) is 0. The highest BCUT2D eigenvalue weighted by atomic mass is 31.2. The molecule has 1 aliphatic heterocycles. The standard InChI is InChI=1S/C32H39O9P/c1-24(33)40-32-30(38-20-26-15-9-5-10-16-26)28(22-37-19-25-13-7-4-8-14-25)41-29(23-42(34,35-2)36-3)31(32)39-21-27-17-11-6-12-18-27/h4-18,28-32H,19-23H2,1-3H3/t28?,29-,30-,31?,32?/m1/s1. The zero-order valence-electron chi connectivity index (χ0n) is 24.2. The summed E-state index contributed by atoms with van der Waals surface area (Å²) in [5.41, 5.74) is 2.85. The van der Waals surface area contributed by atoms with E-state index in [2.05, 4.69) is 0 Å². The van der Waals surface area contributed by atoms with E-state index in [4.69, 9.17) is 32.7 Å². The van der Waals surface area contributed by atoms with Crippen LogP contribution in [-0.4, -0.2) is 63.5 Å². The van der Waals surface area contributed by atoms with Crippen LogP contribution in [0.3, 0.4) is 0 Å². The van der Waals surface area contributed by atoms with E-state index in [1.807, 2.05) is 91.0 Å². The van der Waals surface area contributed by atoms with Gasteiger partial charge in [-0.1, -0.05) is 91.0 Å². The van der Waals surface area contributed by atoms with E-state index < -0.39 is 44.1 Å². The molecule has 42 heavy (non-hydrogen) atoms. The van der Waals surface area contributed by atoms with Gasteiger partial charge in [0.25, 0.3) is 0 Å². The molecular formula is C32H39O9P. The fraction of sp³-hybridized carbons (Fsp3) is 0.406.